The molecular formula is C14H15N3O4. The van der Waals surface area contributed by atoms with Crippen LogP contribution in [0, 0.1) is 13.8 Å². The molecule has 3 N–H and O–H groups in total. The zero-order valence-electron chi connectivity index (χ0n) is 11.6. The van der Waals surface area contributed by atoms with Crippen LogP contribution in [0.1, 0.15) is 21.7 Å². The predicted octanol–water partition coefficient (Wildman–Crippen LogP) is 1.74. The van der Waals surface area contributed by atoms with Gasteiger partial charge in [0.15, 0.2) is 12.3 Å². The molecule has 0 fully saturated rings. The summed E-state index contributed by atoms with van der Waals surface area (Å²) >= 11 is 0. The van der Waals surface area contributed by atoms with Crippen molar-refractivity contribution in [2.24, 2.45) is 0 Å². The summed E-state index contributed by atoms with van der Waals surface area (Å²) in [4.78, 5) is 22.4. The molecule has 7 heteroatoms. The van der Waals surface area contributed by atoms with Crippen LogP contribution >= 0.6 is 0 Å². The fourth-order valence-corrected chi connectivity index (χ4v) is 1.73. The van der Waals surface area contributed by atoms with Crippen LogP contribution in [0.15, 0.2) is 24.3 Å². The number of aromatic nitrogens is 2. The number of aliphatic carboxylic acids is 1. The van der Waals surface area contributed by atoms with Gasteiger partial charge in [-0.3, -0.25) is 9.89 Å². The van der Waals surface area contributed by atoms with Crippen LogP contribution in [-0.4, -0.2) is 33.8 Å². The number of nitrogens with zero attached hydrogens (tertiary/aromatic N) is 1. The Morgan fingerprint density at radius 3 is 2.67 bits per heavy atom. The Kier molecular flexibility index (Phi) is 4.22. The average Bonchev–Trinajstić information content (AvgIpc) is 2.86. The van der Waals surface area contributed by atoms with Crippen molar-refractivity contribution < 1.29 is 19.4 Å². The van der Waals surface area contributed by atoms with Crippen LogP contribution < -0.4 is 10.1 Å². The number of H-pyrrole nitrogens is 1. The first-order valence-electron chi connectivity index (χ1n) is 6.24. The van der Waals surface area contributed by atoms with Crippen LogP contribution in [0.4, 0.5) is 5.69 Å². The maximum absolute atomic E-state index is 12.0. The van der Waals surface area contributed by atoms with Crippen molar-refractivity contribution in [2.75, 3.05) is 11.9 Å². The summed E-state index contributed by atoms with van der Waals surface area (Å²) in [5, 5.41) is 17.9. The number of hydrogen-bond acceptors (Lipinski definition) is 4. The van der Waals surface area contributed by atoms with E-state index < -0.39 is 12.6 Å². The summed E-state index contributed by atoms with van der Waals surface area (Å²) in [6, 6.07) is 6.56. The minimum absolute atomic E-state index is 0.304. The molecule has 0 aliphatic rings. The molecule has 0 saturated carbocycles. The summed E-state index contributed by atoms with van der Waals surface area (Å²) in [5.74, 6) is -0.927. The Labute approximate surface area is 120 Å². The molecule has 1 amide bonds. The number of carbonyl (C=O) groups excluding carboxylic acids is 1. The van der Waals surface area contributed by atoms with Crippen molar-refractivity contribution in [3.63, 3.8) is 0 Å². The molecule has 0 unspecified atom stereocenters. The Morgan fingerprint density at radius 2 is 2.10 bits per heavy atom. The van der Waals surface area contributed by atoms with Gasteiger partial charge in [-0.2, -0.15) is 5.10 Å². The van der Waals surface area contributed by atoms with Crippen molar-refractivity contribution in [2.45, 2.75) is 13.8 Å². The van der Waals surface area contributed by atoms with Crippen LogP contribution in [0.25, 0.3) is 0 Å². The molecule has 1 aromatic carbocycles. The highest BCUT2D eigenvalue weighted by atomic mass is 16.5. The number of anilines is 1. The van der Waals surface area contributed by atoms with Gasteiger partial charge in [-0.05, 0) is 43.7 Å². The summed E-state index contributed by atoms with van der Waals surface area (Å²) in [6.45, 7) is 3.19. The van der Waals surface area contributed by atoms with E-state index in [4.69, 9.17) is 9.84 Å². The molecule has 2 aromatic rings. The standard InChI is InChI=1S/C14H15N3O4/c1-8-5-10(21-7-13(18)19)3-4-11(8)15-14(20)12-6-9(2)16-17-12/h3-6H,7H2,1-2H3,(H,15,20)(H,16,17)(H,18,19). The fraction of sp³-hybridized carbons (Fsp3) is 0.214. The molecule has 0 bridgehead atoms. The molecule has 0 aliphatic heterocycles. The van der Waals surface area contributed by atoms with Crippen LogP contribution in [0.3, 0.4) is 0 Å². The third-order valence-corrected chi connectivity index (χ3v) is 2.75. The molecule has 110 valence electrons. The first-order chi connectivity index (χ1) is 9.95. The second-order valence-corrected chi connectivity index (χ2v) is 4.55. The van der Waals surface area contributed by atoms with Crippen molar-refractivity contribution in [3.8, 4) is 5.75 Å². The number of nitrogens with one attached hydrogen (secondary N) is 2. The van der Waals surface area contributed by atoms with E-state index in [9.17, 15) is 9.59 Å². The number of carboxylic acid groups (broad SMARTS) is 1. The predicted molar refractivity (Wildman–Crippen MR) is 75.6 cm³/mol. The molecule has 0 aliphatic carbocycles. The molecule has 21 heavy (non-hydrogen) atoms. The Balaban J connectivity index is 2.07. The molecule has 1 aromatic heterocycles. The topological polar surface area (TPSA) is 104 Å². The van der Waals surface area contributed by atoms with E-state index in [2.05, 4.69) is 15.5 Å². The summed E-state index contributed by atoms with van der Waals surface area (Å²) in [7, 11) is 0. The van der Waals surface area contributed by atoms with Crippen molar-refractivity contribution >= 4 is 17.6 Å². The first-order valence-corrected chi connectivity index (χ1v) is 6.24. The number of benzene rings is 1. The molecule has 0 saturated heterocycles. The smallest absolute Gasteiger partial charge is 0.341 e. The quantitative estimate of drug-likeness (QED) is 0.777. The third-order valence-electron chi connectivity index (χ3n) is 2.75. The highest BCUT2D eigenvalue weighted by molar-refractivity contribution is 6.03. The molecular weight excluding hydrogens is 274 g/mol. The van der Waals surface area contributed by atoms with E-state index in [1.807, 2.05) is 6.92 Å². The Bertz CT molecular complexity index is 679. The van der Waals surface area contributed by atoms with E-state index >= 15 is 0 Å². The largest absolute Gasteiger partial charge is 0.482 e. The highest BCUT2D eigenvalue weighted by Gasteiger charge is 2.11. The zero-order chi connectivity index (χ0) is 15.4. The second kappa shape index (κ2) is 6.08. The maximum Gasteiger partial charge on any atom is 0.341 e. The molecule has 0 radical (unpaired) electrons. The first kappa shape index (κ1) is 14.6. The summed E-state index contributed by atoms with van der Waals surface area (Å²) < 4.78 is 5.07. The van der Waals surface area contributed by atoms with Crippen LogP contribution in [-0.2, 0) is 4.79 Å². The van der Waals surface area contributed by atoms with E-state index in [1.54, 1.807) is 31.2 Å². The number of amides is 1. The fourth-order valence-electron chi connectivity index (χ4n) is 1.73. The molecule has 2 rings (SSSR count). The third kappa shape index (κ3) is 3.82. The monoisotopic (exact) mass is 289 g/mol. The van der Waals surface area contributed by atoms with Gasteiger partial charge in [-0.1, -0.05) is 0 Å². The second-order valence-electron chi connectivity index (χ2n) is 4.55. The van der Waals surface area contributed by atoms with Gasteiger partial charge in [0.25, 0.3) is 5.91 Å². The molecule has 1 heterocycles. The van der Waals surface area contributed by atoms with Gasteiger partial charge in [0.05, 0.1) is 0 Å². The van der Waals surface area contributed by atoms with Gasteiger partial charge < -0.3 is 15.2 Å². The average molecular weight is 289 g/mol. The molecule has 0 spiro atoms. The maximum atomic E-state index is 12.0. The number of carboxylic acids is 1. The van der Waals surface area contributed by atoms with Gasteiger partial charge in [-0.15, -0.1) is 0 Å². The lowest BCUT2D eigenvalue weighted by Crippen LogP contribution is -2.13. The number of hydrogen-bond donors (Lipinski definition) is 3. The Morgan fingerprint density at radius 1 is 1.33 bits per heavy atom. The van der Waals surface area contributed by atoms with Crippen LogP contribution in [0.5, 0.6) is 5.75 Å². The van der Waals surface area contributed by atoms with E-state index in [1.165, 1.54) is 0 Å². The number of aromatic amines is 1. The minimum Gasteiger partial charge on any atom is -0.482 e. The normalized spacial score (nSPS) is 10.2. The van der Waals surface area contributed by atoms with Gasteiger partial charge in [0, 0.05) is 11.4 Å². The summed E-state index contributed by atoms with van der Waals surface area (Å²) in [6.07, 6.45) is 0. The van der Waals surface area contributed by atoms with Crippen LogP contribution in [0.2, 0.25) is 0 Å². The van der Waals surface area contributed by atoms with Gasteiger partial charge in [0.2, 0.25) is 0 Å². The molecule has 0 atom stereocenters. The van der Waals surface area contributed by atoms with E-state index in [0.717, 1.165) is 11.3 Å². The molecule has 7 nitrogen and oxygen atoms in total. The number of ether oxygens (including phenoxy) is 1. The Hall–Kier alpha value is -2.83. The highest BCUT2D eigenvalue weighted by Crippen LogP contribution is 2.21. The minimum atomic E-state index is -1.04. The van der Waals surface area contributed by atoms with E-state index in [0.29, 0.717) is 17.1 Å². The van der Waals surface area contributed by atoms with Crippen molar-refractivity contribution in [1.29, 1.82) is 0 Å². The lowest BCUT2D eigenvalue weighted by Gasteiger charge is -2.09. The van der Waals surface area contributed by atoms with Crippen molar-refractivity contribution in [3.05, 3.63) is 41.2 Å². The summed E-state index contributed by atoms with van der Waals surface area (Å²) in [5.41, 5.74) is 2.48. The SMILES string of the molecule is Cc1cc(C(=O)Nc2ccc(OCC(=O)O)cc2C)n[nH]1. The zero-order valence-corrected chi connectivity index (χ0v) is 11.6. The number of rotatable bonds is 5. The van der Waals surface area contributed by atoms with Crippen molar-refractivity contribution in [1.82, 2.24) is 10.2 Å². The van der Waals surface area contributed by atoms with Gasteiger partial charge >= 0.3 is 5.97 Å². The van der Waals surface area contributed by atoms with E-state index in [-0.39, 0.29) is 5.91 Å². The lowest BCUT2D eigenvalue weighted by molar-refractivity contribution is -0.139. The van der Waals surface area contributed by atoms with Gasteiger partial charge in [0.1, 0.15) is 5.75 Å². The van der Waals surface area contributed by atoms with Gasteiger partial charge in [-0.25, -0.2) is 4.79 Å². The lowest BCUT2D eigenvalue weighted by atomic mass is 10.2. The number of aryl methyl sites for hydroxylation is 2. The number of carbonyl (C=O) groups is 2.